The van der Waals surface area contributed by atoms with Crippen molar-refractivity contribution in [2.45, 2.75) is 6.92 Å². The lowest BCUT2D eigenvalue weighted by Gasteiger charge is -2.20. The molecule has 0 radical (unpaired) electrons. The summed E-state index contributed by atoms with van der Waals surface area (Å²) in [5, 5.41) is 12.9. The monoisotopic (exact) mass is 308 g/mol. The molecule has 0 bridgehead atoms. The molecule has 0 atom stereocenters. The topological polar surface area (TPSA) is 52.0 Å². The van der Waals surface area contributed by atoms with Gasteiger partial charge >= 0.3 is 0 Å². The van der Waals surface area contributed by atoms with Crippen LogP contribution in [-0.4, -0.2) is 31.8 Å². The van der Waals surface area contributed by atoms with E-state index >= 15 is 0 Å². The number of nitrogens with one attached hydrogen (secondary N) is 2. The van der Waals surface area contributed by atoms with Gasteiger partial charge in [0, 0.05) is 43.5 Å². The molecule has 6 heteroatoms. The minimum absolute atomic E-state index is 0.713. The number of rotatable bonds is 5. The number of pyridine rings is 1. The lowest BCUT2D eigenvalue weighted by molar-refractivity contribution is 1.10. The van der Waals surface area contributed by atoms with Gasteiger partial charge in [-0.05, 0) is 18.4 Å². The lowest BCUT2D eigenvalue weighted by Crippen LogP contribution is -2.13. The summed E-state index contributed by atoms with van der Waals surface area (Å²) in [7, 11) is 3.92. The highest BCUT2D eigenvalue weighted by atomic mass is 35.5. The van der Waals surface area contributed by atoms with Crippen molar-refractivity contribution >= 4 is 40.7 Å². The SMILES string of the molecule is CCNc1ncc(N(C)C)c(-c2ccsc2Cl)c1C=N. The standard InChI is InChI=1S/C14H17ClN4S/c1-4-17-14-10(7-16)12(9-5-6-20-13(9)15)11(8-18-14)19(2)3/h5-8,16H,4H2,1-3H3,(H,17,18). The predicted molar refractivity (Wildman–Crippen MR) is 88.9 cm³/mol. The number of nitrogens with zero attached hydrogens (tertiary/aromatic N) is 2. The van der Waals surface area contributed by atoms with E-state index in [1.54, 1.807) is 0 Å². The van der Waals surface area contributed by atoms with Crippen LogP contribution in [0.2, 0.25) is 4.34 Å². The average molecular weight is 309 g/mol. The van der Waals surface area contributed by atoms with Crippen LogP contribution in [0.5, 0.6) is 0 Å². The van der Waals surface area contributed by atoms with Crippen LogP contribution in [-0.2, 0) is 0 Å². The summed E-state index contributed by atoms with van der Waals surface area (Å²) in [4.78, 5) is 6.40. The molecule has 106 valence electrons. The first-order valence-corrected chi connectivity index (χ1v) is 7.53. The molecular weight excluding hydrogens is 292 g/mol. The molecule has 20 heavy (non-hydrogen) atoms. The second-order valence-electron chi connectivity index (χ2n) is 4.46. The van der Waals surface area contributed by atoms with Crippen molar-refractivity contribution in [2.75, 3.05) is 30.9 Å². The predicted octanol–water partition coefficient (Wildman–Crippen LogP) is 3.96. The van der Waals surface area contributed by atoms with Gasteiger partial charge in [-0.25, -0.2) is 4.98 Å². The lowest BCUT2D eigenvalue weighted by atomic mass is 10.0. The van der Waals surface area contributed by atoms with Crippen LogP contribution in [0.25, 0.3) is 11.1 Å². The zero-order valence-electron chi connectivity index (χ0n) is 11.7. The van der Waals surface area contributed by atoms with Crippen molar-refractivity contribution in [3.05, 3.63) is 27.5 Å². The molecule has 2 N–H and O–H groups in total. The van der Waals surface area contributed by atoms with Crippen LogP contribution in [0.3, 0.4) is 0 Å². The van der Waals surface area contributed by atoms with E-state index in [0.29, 0.717) is 5.82 Å². The Kier molecular flexibility index (Phi) is 4.62. The van der Waals surface area contributed by atoms with Crippen molar-refractivity contribution in [3.63, 3.8) is 0 Å². The number of thiophene rings is 1. The Morgan fingerprint density at radius 3 is 2.75 bits per heavy atom. The summed E-state index contributed by atoms with van der Waals surface area (Å²) in [5.41, 5.74) is 3.60. The molecule has 4 nitrogen and oxygen atoms in total. The van der Waals surface area contributed by atoms with E-state index < -0.39 is 0 Å². The van der Waals surface area contributed by atoms with Crippen molar-refractivity contribution in [3.8, 4) is 11.1 Å². The highest BCUT2D eigenvalue weighted by Crippen LogP contribution is 2.41. The molecular formula is C14H17ClN4S. The fraction of sp³-hybridized carbons (Fsp3) is 0.286. The maximum Gasteiger partial charge on any atom is 0.135 e. The quantitative estimate of drug-likeness (QED) is 0.822. The third-order valence-corrected chi connectivity index (χ3v) is 4.12. The molecule has 0 saturated carbocycles. The van der Waals surface area contributed by atoms with E-state index in [9.17, 15) is 0 Å². The van der Waals surface area contributed by atoms with Gasteiger partial charge in [-0.3, -0.25) is 0 Å². The van der Waals surface area contributed by atoms with Gasteiger partial charge in [0.1, 0.15) is 10.2 Å². The Balaban J connectivity index is 2.75. The van der Waals surface area contributed by atoms with Crippen molar-refractivity contribution in [2.24, 2.45) is 0 Å². The molecule has 0 amide bonds. The first kappa shape index (κ1) is 14.8. The summed E-state index contributed by atoms with van der Waals surface area (Å²) < 4.78 is 0.727. The van der Waals surface area contributed by atoms with Gasteiger partial charge in [0.25, 0.3) is 0 Å². The number of anilines is 2. The van der Waals surface area contributed by atoms with Gasteiger partial charge in [-0.1, -0.05) is 11.6 Å². The average Bonchev–Trinajstić information content (AvgIpc) is 2.84. The van der Waals surface area contributed by atoms with Crippen molar-refractivity contribution < 1.29 is 0 Å². The number of hydrogen-bond donors (Lipinski definition) is 2. The molecule has 2 aromatic heterocycles. The summed E-state index contributed by atoms with van der Waals surface area (Å²) in [6.07, 6.45) is 3.15. The van der Waals surface area contributed by atoms with Gasteiger partial charge < -0.3 is 15.6 Å². The highest BCUT2D eigenvalue weighted by molar-refractivity contribution is 7.15. The molecule has 0 aliphatic rings. The first-order chi connectivity index (χ1) is 9.60. The highest BCUT2D eigenvalue weighted by Gasteiger charge is 2.18. The van der Waals surface area contributed by atoms with Gasteiger partial charge in [0.15, 0.2) is 0 Å². The second kappa shape index (κ2) is 6.24. The molecule has 0 saturated heterocycles. The molecule has 2 rings (SSSR count). The number of hydrogen-bond acceptors (Lipinski definition) is 5. The molecule has 0 fully saturated rings. The van der Waals surface area contributed by atoms with E-state index in [1.807, 2.05) is 43.6 Å². The van der Waals surface area contributed by atoms with E-state index in [-0.39, 0.29) is 0 Å². The normalized spacial score (nSPS) is 10.4. The van der Waals surface area contributed by atoms with Gasteiger partial charge in [0.2, 0.25) is 0 Å². The fourth-order valence-electron chi connectivity index (χ4n) is 2.06. The van der Waals surface area contributed by atoms with Crippen molar-refractivity contribution in [1.82, 2.24) is 4.98 Å². The maximum atomic E-state index is 7.75. The zero-order chi connectivity index (χ0) is 14.7. The summed E-state index contributed by atoms with van der Waals surface area (Å²) in [5.74, 6) is 0.713. The first-order valence-electron chi connectivity index (χ1n) is 6.28. The molecule has 0 aromatic carbocycles. The minimum Gasteiger partial charge on any atom is -0.376 e. The van der Waals surface area contributed by atoms with Crippen LogP contribution in [0.4, 0.5) is 11.5 Å². The van der Waals surface area contributed by atoms with E-state index in [1.165, 1.54) is 17.6 Å². The molecule has 2 aromatic rings. The Morgan fingerprint density at radius 2 is 2.25 bits per heavy atom. The number of aromatic nitrogens is 1. The van der Waals surface area contributed by atoms with Crippen molar-refractivity contribution in [1.29, 1.82) is 5.41 Å². The Hall–Kier alpha value is -1.59. The van der Waals surface area contributed by atoms with E-state index in [4.69, 9.17) is 17.0 Å². The van der Waals surface area contributed by atoms with Crippen LogP contribution in [0, 0.1) is 5.41 Å². The summed E-state index contributed by atoms with van der Waals surface area (Å²) >= 11 is 7.78. The molecule has 0 aliphatic heterocycles. The van der Waals surface area contributed by atoms with Gasteiger partial charge in [0.05, 0.1) is 11.9 Å². The van der Waals surface area contributed by atoms with Crippen LogP contribution in [0.15, 0.2) is 17.6 Å². The van der Waals surface area contributed by atoms with E-state index in [2.05, 4.69) is 10.3 Å². The summed E-state index contributed by atoms with van der Waals surface area (Å²) in [6.45, 7) is 2.76. The Labute approximate surface area is 127 Å². The summed E-state index contributed by atoms with van der Waals surface area (Å²) in [6, 6.07) is 1.98. The van der Waals surface area contributed by atoms with Crippen LogP contribution < -0.4 is 10.2 Å². The minimum atomic E-state index is 0.713. The van der Waals surface area contributed by atoms with Gasteiger partial charge in [-0.15, -0.1) is 11.3 Å². The Bertz CT molecular complexity index is 622. The fourth-order valence-corrected chi connectivity index (χ4v) is 2.99. The second-order valence-corrected chi connectivity index (χ2v) is 5.98. The molecule has 0 unspecified atom stereocenters. The zero-order valence-corrected chi connectivity index (χ0v) is 13.3. The smallest absolute Gasteiger partial charge is 0.135 e. The molecule has 0 aliphatic carbocycles. The van der Waals surface area contributed by atoms with Crippen LogP contribution in [0.1, 0.15) is 12.5 Å². The third-order valence-electron chi connectivity index (χ3n) is 2.95. The molecule has 2 heterocycles. The number of halogens is 1. The largest absolute Gasteiger partial charge is 0.376 e. The van der Waals surface area contributed by atoms with E-state index in [0.717, 1.165) is 33.3 Å². The maximum absolute atomic E-state index is 7.75. The molecule has 0 spiro atoms. The van der Waals surface area contributed by atoms with Gasteiger partial charge in [-0.2, -0.15) is 0 Å². The Morgan fingerprint density at radius 1 is 1.50 bits per heavy atom. The third kappa shape index (κ3) is 2.64. The van der Waals surface area contributed by atoms with Crippen LogP contribution >= 0.6 is 22.9 Å².